The number of hydrazine groups is 1. The van der Waals surface area contributed by atoms with Crippen LogP contribution in [0.2, 0.25) is 0 Å². The van der Waals surface area contributed by atoms with Crippen LogP contribution >= 0.6 is 0 Å². The van der Waals surface area contributed by atoms with Crippen LogP contribution in [0, 0.1) is 0 Å². The van der Waals surface area contributed by atoms with Crippen molar-refractivity contribution in [2.24, 2.45) is 16.6 Å². The highest BCUT2D eigenvalue weighted by molar-refractivity contribution is 5.81. The lowest BCUT2D eigenvalue weighted by Gasteiger charge is -1.96. The topological polar surface area (TPSA) is 103 Å². The Bertz CT molecular complexity index is 144. The van der Waals surface area contributed by atoms with Crippen molar-refractivity contribution in [2.75, 3.05) is 13.7 Å². The molecule has 0 aliphatic rings. The Kier molecular flexibility index (Phi) is 3.97. The van der Waals surface area contributed by atoms with Crippen molar-refractivity contribution >= 4 is 11.9 Å². The summed E-state index contributed by atoms with van der Waals surface area (Å²) in [7, 11) is 1.27. The van der Waals surface area contributed by atoms with Gasteiger partial charge in [0, 0.05) is 0 Å². The lowest BCUT2D eigenvalue weighted by Crippen LogP contribution is -2.37. The summed E-state index contributed by atoms with van der Waals surface area (Å²) in [6.45, 7) is -0.119. The summed E-state index contributed by atoms with van der Waals surface area (Å²) < 4.78 is 4.27. The molecule has 0 radical (unpaired) electrons. The van der Waals surface area contributed by atoms with Crippen molar-refractivity contribution in [3.63, 3.8) is 0 Å². The molecule has 5 N–H and O–H groups in total. The third-order valence-corrected chi connectivity index (χ3v) is 0.754. The first-order valence-corrected chi connectivity index (χ1v) is 2.54. The summed E-state index contributed by atoms with van der Waals surface area (Å²) in [5.41, 5.74) is 7.15. The van der Waals surface area contributed by atoms with Crippen molar-refractivity contribution in [3.05, 3.63) is 0 Å². The highest BCUT2D eigenvalue weighted by Gasteiger charge is 1.95. The summed E-state index contributed by atoms with van der Waals surface area (Å²) in [6, 6.07) is 0. The second-order valence-electron chi connectivity index (χ2n) is 1.42. The SMILES string of the molecule is COC(=O)CN=C(N)NN. The van der Waals surface area contributed by atoms with Gasteiger partial charge in [-0.15, -0.1) is 0 Å². The smallest absolute Gasteiger partial charge is 0.327 e. The summed E-state index contributed by atoms with van der Waals surface area (Å²) in [4.78, 5) is 13.9. The normalized spacial score (nSPS) is 10.8. The van der Waals surface area contributed by atoms with Crippen molar-refractivity contribution in [1.82, 2.24) is 5.43 Å². The highest BCUT2D eigenvalue weighted by atomic mass is 16.5. The molecule has 0 aromatic carbocycles. The predicted octanol–water partition coefficient (Wildman–Crippen LogP) is -2.06. The van der Waals surface area contributed by atoms with E-state index in [0.717, 1.165) is 0 Å². The number of nitrogens with one attached hydrogen (secondary N) is 1. The molecule has 0 rings (SSSR count). The molecule has 0 aliphatic heterocycles. The van der Waals surface area contributed by atoms with Crippen molar-refractivity contribution in [3.8, 4) is 0 Å². The van der Waals surface area contributed by atoms with E-state index in [1.807, 2.05) is 0 Å². The van der Waals surface area contributed by atoms with Crippen LogP contribution in [-0.2, 0) is 9.53 Å². The van der Waals surface area contributed by atoms with E-state index in [1.165, 1.54) is 7.11 Å². The number of methoxy groups -OCH3 is 1. The van der Waals surface area contributed by atoms with E-state index >= 15 is 0 Å². The van der Waals surface area contributed by atoms with E-state index in [4.69, 9.17) is 11.6 Å². The Morgan fingerprint density at radius 3 is 2.80 bits per heavy atom. The molecule has 0 atom stereocenters. The number of nitrogens with zero attached hydrogens (tertiary/aromatic N) is 1. The number of hydrogen-bond donors (Lipinski definition) is 3. The van der Waals surface area contributed by atoms with Crippen molar-refractivity contribution in [2.45, 2.75) is 0 Å². The second-order valence-corrected chi connectivity index (χ2v) is 1.42. The molecule has 0 unspecified atom stereocenters. The molecule has 0 aliphatic carbocycles. The first kappa shape index (κ1) is 8.70. The zero-order valence-corrected chi connectivity index (χ0v) is 5.63. The van der Waals surface area contributed by atoms with Gasteiger partial charge < -0.3 is 10.5 Å². The van der Waals surface area contributed by atoms with E-state index < -0.39 is 5.97 Å². The van der Waals surface area contributed by atoms with Gasteiger partial charge in [-0.1, -0.05) is 0 Å². The number of rotatable bonds is 2. The molecule has 0 saturated carbocycles. The van der Waals surface area contributed by atoms with Gasteiger partial charge in [0.1, 0.15) is 6.54 Å². The number of ether oxygens (including phenoxy) is 1. The molecule has 6 heteroatoms. The summed E-state index contributed by atoms with van der Waals surface area (Å²) in [6.07, 6.45) is 0. The zero-order chi connectivity index (χ0) is 7.98. The minimum absolute atomic E-state index is 0.00500. The van der Waals surface area contributed by atoms with Gasteiger partial charge in [-0.25, -0.2) is 10.8 Å². The number of carbonyl (C=O) groups excluding carboxylic acids is 1. The fourth-order valence-corrected chi connectivity index (χ4v) is 0.260. The van der Waals surface area contributed by atoms with Gasteiger partial charge in [-0.3, -0.25) is 10.2 Å². The fourth-order valence-electron chi connectivity index (χ4n) is 0.260. The average Bonchev–Trinajstić information content (AvgIpc) is 1.99. The van der Waals surface area contributed by atoms with Crippen molar-refractivity contribution in [1.29, 1.82) is 0 Å². The van der Waals surface area contributed by atoms with Crippen LogP contribution < -0.4 is 17.0 Å². The maximum absolute atomic E-state index is 10.4. The van der Waals surface area contributed by atoms with Gasteiger partial charge >= 0.3 is 5.97 Å². The van der Waals surface area contributed by atoms with E-state index in [9.17, 15) is 4.79 Å². The lowest BCUT2D eigenvalue weighted by molar-refractivity contribution is -0.138. The van der Waals surface area contributed by atoms with Crippen LogP contribution in [0.5, 0.6) is 0 Å². The molecule has 0 bridgehead atoms. The molecule has 0 fully saturated rings. The number of hydrogen-bond acceptors (Lipinski definition) is 4. The standard InChI is InChI=1S/C4H10N4O2/c1-10-3(9)2-7-4(5)8-6/h2,6H2,1H3,(H3,5,7,8). The molecule has 0 saturated heterocycles. The lowest BCUT2D eigenvalue weighted by atomic mass is 10.7. The van der Waals surface area contributed by atoms with Gasteiger partial charge in [0.25, 0.3) is 0 Å². The predicted molar refractivity (Wildman–Crippen MR) is 35.8 cm³/mol. The van der Waals surface area contributed by atoms with Crippen LogP contribution in [0.4, 0.5) is 0 Å². The third kappa shape index (κ3) is 3.67. The zero-order valence-electron chi connectivity index (χ0n) is 5.63. The Balaban J connectivity index is 3.61. The molecule has 10 heavy (non-hydrogen) atoms. The second kappa shape index (κ2) is 4.57. The average molecular weight is 146 g/mol. The Labute approximate surface area is 58.2 Å². The Morgan fingerprint density at radius 1 is 1.80 bits per heavy atom. The van der Waals surface area contributed by atoms with Gasteiger partial charge in [-0.2, -0.15) is 0 Å². The van der Waals surface area contributed by atoms with Crippen LogP contribution in [0.25, 0.3) is 0 Å². The molecular formula is C4H10N4O2. The molecule has 58 valence electrons. The molecule has 0 amide bonds. The van der Waals surface area contributed by atoms with Gasteiger partial charge in [0.15, 0.2) is 0 Å². The maximum Gasteiger partial charge on any atom is 0.327 e. The first-order chi connectivity index (χ1) is 4.70. The molecule has 0 spiro atoms. The quantitative estimate of drug-likeness (QED) is 0.137. The van der Waals surface area contributed by atoms with E-state index in [1.54, 1.807) is 0 Å². The summed E-state index contributed by atoms with van der Waals surface area (Å²) in [5, 5.41) is 0. The minimum Gasteiger partial charge on any atom is -0.468 e. The van der Waals surface area contributed by atoms with Crippen LogP contribution in [0.3, 0.4) is 0 Å². The maximum atomic E-state index is 10.4. The number of carbonyl (C=O) groups is 1. The summed E-state index contributed by atoms with van der Waals surface area (Å²) >= 11 is 0. The first-order valence-electron chi connectivity index (χ1n) is 2.54. The minimum atomic E-state index is -0.460. The Morgan fingerprint density at radius 2 is 2.40 bits per heavy atom. The number of esters is 1. The molecular weight excluding hydrogens is 136 g/mol. The molecule has 6 nitrogen and oxygen atoms in total. The number of guanidine groups is 1. The Hall–Kier alpha value is -1.30. The molecule has 0 aromatic heterocycles. The summed E-state index contributed by atoms with van der Waals surface area (Å²) in [5.74, 6) is 4.39. The van der Waals surface area contributed by atoms with Gasteiger partial charge in [0.2, 0.25) is 5.96 Å². The van der Waals surface area contributed by atoms with Gasteiger partial charge in [0.05, 0.1) is 7.11 Å². The van der Waals surface area contributed by atoms with E-state index in [2.05, 4.69) is 15.2 Å². The monoisotopic (exact) mass is 146 g/mol. The van der Waals surface area contributed by atoms with Crippen LogP contribution in [0.1, 0.15) is 0 Å². The van der Waals surface area contributed by atoms with Gasteiger partial charge in [-0.05, 0) is 0 Å². The van der Waals surface area contributed by atoms with Crippen LogP contribution in [0.15, 0.2) is 4.99 Å². The third-order valence-electron chi connectivity index (χ3n) is 0.754. The van der Waals surface area contributed by atoms with E-state index in [0.29, 0.717) is 0 Å². The fraction of sp³-hybridized carbons (Fsp3) is 0.500. The highest BCUT2D eigenvalue weighted by Crippen LogP contribution is 1.73. The van der Waals surface area contributed by atoms with Crippen molar-refractivity contribution < 1.29 is 9.53 Å². The van der Waals surface area contributed by atoms with E-state index in [-0.39, 0.29) is 12.5 Å². The van der Waals surface area contributed by atoms with Crippen LogP contribution in [-0.4, -0.2) is 25.6 Å². The largest absolute Gasteiger partial charge is 0.468 e. The number of nitrogens with two attached hydrogens (primary N) is 2. The molecule has 0 heterocycles. The molecule has 0 aromatic rings. The number of aliphatic imine (C=N–C) groups is 1.